The lowest BCUT2D eigenvalue weighted by molar-refractivity contribution is -0.137. The van der Waals surface area contributed by atoms with Gasteiger partial charge in [-0.1, -0.05) is 26.0 Å². The second-order valence-corrected chi connectivity index (χ2v) is 7.94. The standard InChI is InChI=1S/C25H31N3O3/c1-6-27(7-2)20-12-10-19(11-13-20)26-23-22(18-8-14-21(31-5)15-9-18)24(29)28(25(23)30)16-17(3)4/h8-15,17,26H,6-7,16H2,1-5H3. The highest BCUT2D eigenvalue weighted by Gasteiger charge is 2.39. The van der Waals surface area contributed by atoms with E-state index in [4.69, 9.17) is 4.74 Å². The molecular weight excluding hydrogens is 390 g/mol. The molecule has 164 valence electrons. The molecule has 0 spiro atoms. The molecule has 0 aliphatic carbocycles. The highest BCUT2D eigenvalue weighted by Crippen LogP contribution is 2.32. The molecule has 0 aromatic heterocycles. The number of ether oxygens (including phenoxy) is 1. The van der Waals surface area contributed by atoms with Crippen molar-refractivity contribution in [3.8, 4) is 5.75 Å². The predicted octanol–water partition coefficient (Wildman–Crippen LogP) is 4.39. The van der Waals surface area contributed by atoms with Gasteiger partial charge in [-0.25, -0.2) is 0 Å². The van der Waals surface area contributed by atoms with Crippen molar-refractivity contribution in [1.82, 2.24) is 4.90 Å². The van der Waals surface area contributed by atoms with Gasteiger partial charge in [-0.05, 0) is 61.7 Å². The molecule has 0 atom stereocenters. The Bertz CT molecular complexity index is 959. The van der Waals surface area contributed by atoms with Crippen molar-refractivity contribution in [2.45, 2.75) is 27.7 Å². The number of carbonyl (C=O) groups excluding carboxylic acids is 2. The zero-order chi connectivity index (χ0) is 22.5. The first-order valence-electron chi connectivity index (χ1n) is 10.8. The van der Waals surface area contributed by atoms with Gasteiger partial charge in [0.05, 0.1) is 12.7 Å². The van der Waals surface area contributed by atoms with Crippen LogP contribution < -0.4 is 15.0 Å². The van der Waals surface area contributed by atoms with Crippen LogP contribution in [0.3, 0.4) is 0 Å². The Morgan fingerprint density at radius 2 is 1.55 bits per heavy atom. The summed E-state index contributed by atoms with van der Waals surface area (Å²) in [5.74, 6) is 0.308. The lowest BCUT2D eigenvalue weighted by atomic mass is 10.0. The van der Waals surface area contributed by atoms with Gasteiger partial charge in [-0.15, -0.1) is 0 Å². The maximum atomic E-state index is 13.2. The van der Waals surface area contributed by atoms with Crippen LogP contribution in [0.25, 0.3) is 5.57 Å². The number of methoxy groups -OCH3 is 1. The average molecular weight is 422 g/mol. The molecule has 31 heavy (non-hydrogen) atoms. The number of hydrogen-bond acceptors (Lipinski definition) is 5. The van der Waals surface area contributed by atoms with Crippen molar-refractivity contribution in [3.63, 3.8) is 0 Å². The molecule has 3 rings (SSSR count). The minimum absolute atomic E-state index is 0.178. The topological polar surface area (TPSA) is 61.9 Å². The number of nitrogens with one attached hydrogen (secondary N) is 1. The van der Waals surface area contributed by atoms with E-state index < -0.39 is 0 Å². The van der Waals surface area contributed by atoms with E-state index in [0.717, 1.165) is 24.5 Å². The summed E-state index contributed by atoms with van der Waals surface area (Å²) >= 11 is 0. The molecule has 2 aromatic carbocycles. The molecule has 0 saturated carbocycles. The van der Waals surface area contributed by atoms with Crippen molar-refractivity contribution >= 4 is 28.8 Å². The molecule has 0 unspecified atom stereocenters. The number of benzene rings is 2. The van der Waals surface area contributed by atoms with Crippen molar-refractivity contribution in [2.75, 3.05) is 37.0 Å². The molecule has 0 saturated heterocycles. The minimum atomic E-state index is -0.294. The van der Waals surface area contributed by atoms with Crippen molar-refractivity contribution < 1.29 is 14.3 Å². The van der Waals surface area contributed by atoms with Crippen LogP contribution in [0.15, 0.2) is 54.2 Å². The Labute approximate surface area is 184 Å². The molecule has 1 heterocycles. The normalized spacial score (nSPS) is 13.9. The van der Waals surface area contributed by atoms with E-state index in [1.807, 2.05) is 50.2 Å². The van der Waals surface area contributed by atoms with Gasteiger partial charge in [0, 0.05) is 31.0 Å². The summed E-state index contributed by atoms with van der Waals surface area (Å²) in [7, 11) is 1.59. The van der Waals surface area contributed by atoms with Gasteiger partial charge in [-0.2, -0.15) is 0 Å². The van der Waals surface area contributed by atoms with E-state index in [0.29, 0.717) is 29.1 Å². The quantitative estimate of drug-likeness (QED) is 0.609. The van der Waals surface area contributed by atoms with Crippen molar-refractivity contribution in [2.24, 2.45) is 5.92 Å². The number of nitrogens with zero attached hydrogens (tertiary/aromatic N) is 2. The maximum absolute atomic E-state index is 13.2. The van der Waals surface area contributed by atoms with Gasteiger partial charge in [-0.3, -0.25) is 14.5 Å². The predicted molar refractivity (Wildman–Crippen MR) is 125 cm³/mol. The second kappa shape index (κ2) is 9.69. The molecule has 0 bridgehead atoms. The lowest BCUT2D eigenvalue weighted by Gasteiger charge is -2.21. The molecule has 6 heteroatoms. The van der Waals surface area contributed by atoms with Crippen LogP contribution in [-0.2, 0) is 9.59 Å². The van der Waals surface area contributed by atoms with Gasteiger partial charge in [0.15, 0.2) is 0 Å². The Hall–Kier alpha value is -3.28. The smallest absolute Gasteiger partial charge is 0.278 e. The highest BCUT2D eigenvalue weighted by molar-refractivity contribution is 6.36. The average Bonchev–Trinajstić information content (AvgIpc) is 2.99. The lowest BCUT2D eigenvalue weighted by Crippen LogP contribution is -2.35. The summed E-state index contributed by atoms with van der Waals surface area (Å²) < 4.78 is 5.23. The highest BCUT2D eigenvalue weighted by atomic mass is 16.5. The molecule has 6 nitrogen and oxygen atoms in total. The summed E-state index contributed by atoms with van der Waals surface area (Å²) in [5, 5.41) is 3.22. The van der Waals surface area contributed by atoms with E-state index in [9.17, 15) is 9.59 Å². The Morgan fingerprint density at radius 3 is 2.06 bits per heavy atom. The van der Waals surface area contributed by atoms with E-state index in [1.54, 1.807) is 19.2 Å². The molecule has 0 fully saturated rings. The Balaban J connectivity index is 1.97. The van der Waals surface area contributed by atoms with Crippen LogP contribution in [0.5, 0.6) is 5.75 Å². The van der Waals surface area contributed by atoms with Crippen LogP contribution in [0.4, 0.5) is 11.4 Å². The zero-order valence-corrected chi connectivity index (χ0v) is 18.9. The van der Waals surface area contributed by atoms with Gasteiger partial charge in [0.2, 0.25) is 0 Å². The molecule has 1 N–H and O–H groups in total. The largest absolute Gasteiger partial charge is 0.497 e. The summed E-state index contributed by atoms with van der Waals surface area (Å²) in [6.45, 7) is 10.4. The zero-order valence-electron chi connectivity index (χ0n) is 18.9. The number of carbonyl (C=O) groups is 2. The fourth-order valence-electron chi connectivity index (χ4n) is 3.74. The number of anilines is 2. The van der Waals surface area contributed by atoms with Gasteiger partial charge >= 0.3 is 0 Å². The van der Waals surface area contributed by atoms with E-state index in [2.05, 4.69) is 24.1 Å². The number of rotatable bonds is 9. The summed E-state index contributed by atoms with van der Waals surface area (Å²) in [4.78, 5) is 30.0. The van der Waals surface area contributed by atoms with E-state index >= 15 is 0 Å². The third-order valence-electron chi connectivity index (χ3n) is 5.36. The monoisotopic (exact) mass is 421 g/mol. The first kappa shape index (κ1) is 22.4. The SMILES string of the molecule is CCN(CC)c1ccc(NC2=C(c3ccc(OC)cc3)C(=O)N(CC(C)C)C2=O)cc1. The minimum Gasteiger partial charge on any atom is -0.497 e. The first-order valence-corrected chi connectivity index (χ1v) is 10.8. The van der Waals surface area contributed by atoms with Crippen molar-refractivity contribution in [1.29, 1.82) is 0 Å². The Kier molecular flexibility index (Phi) is 7.00. The van der Waals surface area contributed by atoms with Crippen LogP contribution in [-0.4, -0.2) is 43.5 Å². The van der Waals surface area contributed by atoms with Crippen LogP contribution >= 0.6 is 0 Å². The molecule has 2 aromatic rings. The van der Waals surface area contributed by atoms with Crippen LogP contribution in [0, 0.1) is 5.92 Å². The number of imide groups is 1. The van der Waals surface area contributed by atoms with Gasteiger partial charge in [0.1, 0.15) is 11.4 Å². The summed E-state index contributed by atoms with van der Waals surface area (Å²) in [5.41, 5.74) is 3.28. The summed E-state index contributed by atoms with van der Waals surface area (Å²) in [6.07, 6.45) is 0. The number of amides is 2. The maximum Gasteiger partial charge on any atom is 0.278 e. The molecular formula is C25H31N3O3. The second-order valence-electron chi connectivity index (χ2n) is 7.94. The van der Waals surface area contributed by atoms with Gasteiger partial charge in [0.25, 0.3) is 11.8 Å². The summed E-state index contributed by atoms with van der Waals surface area (Å²) in [6, 6.07) is 15.1. The third kappa shape index (κ3) is 4.74. The van der Waals surface area contributed by atoms with Gasteiger partial charge < -0.3 is 15.0 Å². The van der Waals surface area contributed by atoms with E-state index in [1.165, 1.54) is 4.90 Å². The van der Waals surface area contributed by atoms with Crippen LogP contribution in [0.2, 0.25) is 0 Å². The van der Waals surface area contributed by atoms with E-state index in [-0.39, 0.29) is 17.7 Å². The molecule has 1 aliphatic heterocycles. The Morgan fingerprint density at radius 1 is 0.935 bits per heavy atom. The fourth-order valence-corrected chi connectivity index (χ4v) is 3.74. The first-order chi connectivity index (χ1) is 14.9. The van der Waals surface area contributed by atoms with Crippen molar-refractivity contribution in [3.05, 3.63) is 59.8 Å². The third-order valence-corrected chi connectivity index (χ3v) is 5.36. The van der Waals surface area contributed by atoms with Crippen LogP contribution in [0.1, 0.15) is 33.3 Å². The number of hydrogen-bond donors (Lipinski definition) is 1. The molecule has 0 radical (unpaired) electrons. The molecule has 1 aliphatic rings. The molecule has 2 amide bonds. The fraction of sp³-hybridized carbons (Fsp3) is 0.360.